The Bertz CT molecular complexity index is 503. The molecule has 2 aliphatic rings. The van der Waals surface area contributed by atoms with E-state index in [-0.39, 0.29) is 18.3 Å². The zero-order valence-corrected chi connectivity index (χ0v) is 13.8. The molecule has 0 amide bonds. The fourth-order valence-corrected chi connectivity index (χ4v) is 2.92. The van der Waals surface area contributed by atoms with Gasteiger partial charge in [0.2, 0.25) is 0 Å². The standard InChI is InChI=1S/C15H25N3O4/c1-8-9(2)18(10(3)17-14(8)16)15-13(21-6)12(20-5)11(22-15)7-19-4/h11-13,15H,3,7H2,1-2,4-6H3,(H2,16,17). The van der Waals surface area contributed by atoms with Crippen molar-refractivity contribution in [2.75, 3.05) is 27.9 Å². The van der Waals surface area contributed by atoms with Crippen LogP contribution in [0.3, 0.4) is 0 Å². The fourth-order valence-electron chi connectivity index (χ4n) is 2.92. The quantitative estimate of drug-likeness (QED) is 0.810. The Morgan fingerprint density at radius 2 is 1.86 bits per heavy atom. The molecule has 2 rings (SSSR count). The molecule has 0 spiro atoms. The third kappa shape index (κ3) is 2.77. The van der Waals surface area contributed by atoms with Gasteiger partial charge in [-0.05, 0) is 13.8 Å². The third-order valence-electron chi connectivity index (χ3n) is 4.23. The predicted molar refractivity (Wildman–Crippen MR) is 83.1 cm³/mol. The molecule has 22 heavy (non-hydrogen) atoms. The lowest BCUT2D eigenvalue weighted by molar-refractivity contribution is -0.0845. The summed E-state index contributed by atoms with van der Waals surface area (Å²) < 4.78 is 22.5. The van der Waals surface area contributed by atoms with Crippen LogP contribution < -0.4 is 5.73 Å². The first-order chi connectivity index (χ1) is 10.5. The largest absolute Gasteiger partial charge is 0.383 e. The van der Waals surface area contributed by atoms with E-state index in [4.69, 9.17) is 24.7 Å². The number of nitrogens with zero attached hydrogens (tertiary/aromatic N) is 2. The van der Waals surface area contributed by atoms with Crippen LogP contribution in [-0.4, -0.2) is 63.2 Å². The van der Waals surface area contributed by atoms with E-state index in [0.29, 0.717) is 18.3 Å². The van der Waals surface area contributed by atoms with Gasteiger partial charge in [0, 0.05) is 32.6 Å². The normalized spacial score (nSPS) is 32.7. The van der Waals surface area contributed by atoms with Crippen molar-refractivity contribution < 1.29 is 18.9 Å². The van der Waals surface area contributed by atoms with Gasteiger partial charge in [0.05, 0.1) is 6.61 Å². The Hall–Kier alpha value is -1.41. The summed E-state index contributed by atoms with van der Waals surface area (Å²) in [6.45, 7) is 8.29. The van der Waals surface area contributed by atoms with Crippen molar-refractivity contribution in [3.63, 3.8) is 0 Å². The minimum absolute atomic E-state index is 0.228. The number of allylic oxidation sites excluding steroid dienone is 1. The van der Waals surface area contributed by atoms with Crippen molar-refractivity contribution in [1.29, 1.82) is 0 Å². The molecule has 2 N–H and O–H groups in total. The first-order valence-electron chi connectivity index (χ1n) is 7.16. The number of rotatable bonds is 5. The van der Waals surface area contributed by atoms with Crippen LogP contribution in [0.4, 0.5) is 0 Å². The first-order valence-corrected chi connectivity index (χ1v) is 7.16. The smallest absolute Gasteiger partial charge is 0.164 e. The Balaban J connectivity index is 2.33. The molecule has 4 atom stereocenters. The highest BCUT2D eigenvalue weighted by Gasteiger charge is 2.49. The molecule has 7 heteroatoms. The maximum absolute atomic E-state index is 6.12. The minimum atomic E-state index is -0.394. The molecular formula is C15H25N3O4. The van der Waals surface area contributed by atoms with Crippen LogP contribution in [0.5, 0.6) is 0 Å². The van der Waals surface area contributed by atoms with E-state index in [9.17, 15) is 0 Å². The van der Waals surface area contributed by atoms with Crippen LogP contribution in [0.15, 0.2) is 28.7 Å². The number of aliphatic imine (C=N–C) groups is 1. The van der Waals surface area contributed by atoms with Crippen molar-refractivity contribution in [3.05, 3.63) is 23.7 Å². The molecule has 0 aromatic heterocycles. The summed E-state index contributed by atoms with van der Waals surface area (Å²) in [4.78, 5) is 6.20. The Kier molecular flexibility index (Phi) is 5.23. The molecule has 1 fully saturated rings. The third-order valence-corrected chi connectivity index (χ3v) is 4.23. The summed E-state index contributed by atoms with van der Waals surface area (Å²) in [6.07, 6.45) is -1.15. The van der Waals surface area contributed by atoms with Gasteiger partial charge in [-0.2, -0.15) is 0 Å². The number of hydrogen-bond acceptors (Lipinski definition) is 7. The van der Waals surface area contributed by atoms with Gasteiger partial charge in [-0.25, -0.2) is 4.99 Å². The highest BCUT2D eigenvalue weighted by atomic mass is 16.6. The second-order valence-electron chi connectivity index (χ2n) is 5.41. The van der Waals surface area contributed by atoms with E-state index in [1.54, 1.807) is 21.3 Å². The lowest BCUT2D eigenvalue weighted by Crippen LogP contribution is -2.46. The van der Waals surface area contributed by atoms with Crippen molar-refractivity contribution in [3.8, 4) is 0 Å². The molecule has 2 heterocycles. The first kappa shape index (κ1) is 17.0. The molecule has 124 valence electrons. The summed E-state index contributed by atoms with van der Waals surface area (Å²) in [7, 11) is 4.91. The van der Waals surface area contributed by atoms with Gasteiger partial charge in [0.25, 0.3) is 0 Å². The number of hydrogen-bond donors (Lipinski definition) is 1. The Labute approximate surface area is 131 Å². The summed E-state index contributed by atoms with van der Waals surface area (Å²) >= 11 is 0. The van der Waals surface area contributed by atoms with Crippen molar-refractivity contribution in [2.24, 2.45) is 10.7 Å². The Morgan fingerprint density at radius 3 is 2.41 bits per heavy atom. The van der Waals surface area contributed by atoms with Gasteiger partial charge in [-0.3, -0.25) is 0 Å². The maximum atomic E-state index is 6.12. The number of methoxy groups -OCH3 is 3. The number of ether oxygens (including phenoxy) is 4. The van der Waals surface area contributed by atoms with Gasteiger partial charge >= 0.3 is 0 Å². The average molecular weight is 311 g/mol. The second-order valence-corrected chi connectivity index (χ2v) is 5.41. The Morgan fingerprint density at radius 1 is 1.23 bits per heavy atom. The van der Waals surface area contributed by atoms with Crippen molar-refractivity contribution >= 4 is 5.84 Å². The van der Waals surface area contributed by atoms with E-state index < -0.39 is 6.23 Å². The van der Waals surface area contributed by atoms with Crippen LogP contribution in [0.25, 0.3) is 0 Å². The van der Waals surface area contributed by atoms with Crippen molar-refractivity contribution in [1.82, 2.24) is 4.90 Å². The second kappa shape index (κ2) is 6.78. The molecule has 7 nitrogen and oxygen atoms in total. The van der Waals surface area contributed by atoms with E-state index >= 15 is 0 Å². The predicted octanol–water partition coefficient (Wildman–Crippen LogP) is 0.826. The summed E-state index contributed by atoms with van der Waals surface area (Å²) in [5.74, 6) is 1.00. The molecular weight excluding hydrogens is 286 g/mol. The SMILES string of the molecule is C=C1N=C(N)C(C)=C(C)N1C1OC(COC)C(OC)C1OC. The maximum Gasteiger partial charge on any atom is 0.164 e. The number of nitrogens with two attached hydrogens (primary N) is 1. The fraction of sp³-hybridized carbons (Fsp3) is 0.667. The van der Waals surface area contributed by atoms with E-state index in [1.165, 1.54) is 0 Å². The molecule has 1 saturated heterocycles. The topological polar surface area (TPSA) is 78.5 Å². The zero-order valence-electron chi connectivity index (χ0n) is 13.8. The summed E-state index contributed by atoms with van der Waals surface area (Å²) in [6, 6.07) is 0. The highest BCUT2D eigenvalue weighted by Crippen LogP contribution is 2.35. The van der Waals surface area contributed by atoms with Gasteiger partial charge in [-0.1, -0.05) is 6.58 Å². The van der Waals surface area contributed by atoms with Crippen LogP contribution in [0, 0.1) is 0 Å². The monoisotopic (exact) mass is 311 g/mol. The molecule has 0 bridgehead atoms. The van der Waals surface area contributed by atoms with Crippen molar-refractivity contribution in [2.45, 2.75) is 38.4 Å². The minimum Gasteiger partial charge on any atom is -0.383 e. The van der Waals surface area contributed by atoms with E-state index in [0.717, 1.165) is 11.3 Å². The zero-order chi connectivity index (χ0) is 16.4. The molecule has 0 aliphatic carbocycles. The molecule has 4 unspecified atom stereocenters. The van der Waals surface area contributed by atoms with Crippen LogP contribution in [0.1, 0.15) is 13.8 Å². The highest BCUT2D eigenvalue weighted by molar-refractivity contribution is 5.98. The van der Waals surface area contributed by atoms with Crippen LogP contribution in [0.2, 0.25) is 0 Å². The lowest BCUT2D eigenvalue weighted by Gasteiger charge is -2.36. The van der Waals surface area contributed by atoms with E-state index in [1.807, 2.05) is 18.7 Å². The van der Waals surface area contributed by atoms with Gasteiger partial charge in [0.15, 0.2) is 6.23 Å². The van der Waals surface area contributed by atoms with Crippen LogP contribution in [-0.2, 0) is 18.9 Å². The molecule has 2 aliphatic heterocycles. The molecule has 0 aromatic rings. The van der Waals surface area contributed by atoms with Gasteiger partial charge in [-0.15, -0.1) is 0 Å². The van der Waals surface area contributed by atoms with Gasteiger partial charge < -0.3 is 29.6 Å². The average Bonchev–Trinajstić information content (AvgIpc) is 2.82. The molecule has 0 aromatic carbocycles. The van der Waals surface area contributed by atoms with E-state index in [2.05, 4.69) is 11.6 Å². The summed E-state index contributed by atoms with van der Waals surface area (Å²) in [5.41, 5.74) is 7.74. The molecule has 0 radical (unpaired) electrons. The van der Waals surface area contributed by atoms with Crippen LogP contribution >= 0.6 is 0 Å². The summed E-state index contributed by atoms with van der Waals surface area (Å²) in [5, 5.41) is 0. The molecule has 0 saturated carbocycles. The van der Waals surface area contributed by atoms with Gasteiger partial charge in [0.1, 0.15) is 30.0 Å². The number of amidine groups is 1. The lowest BCUT2D eigenvalue weighted by atomic mass is 10.1.